The van der Waals surface area contributed by atoms with Crippen molar-refractivity contribution in [3.05, 3.63) is 29.0 Å². The van der Waals surface area contributed by atoms with Crippen LogP contribution in [0.2, 0.25) is 5.15 Å². The molecule has 1 saturated heterocycles. The summed E-state index contributed by atoms with van der Waals surface area (Å²) in [4.78, 5) is 6.48. The van der Waals surface area contributed by atoms with Crippen LogP contribution >= 0.6 is 11.6 Å². The molecule has 2 heterocycles. The molecule has 0 unspecified atom stereocenters. The van der Waals surface area contributed by atoms with Gasteiger partial charge in [-0.1, -0.05) is 18.5 Å². The molecule has 0 amide bonds. The van der Waals surface area contributed by atoms with E-state index >= 15 is 0 Å². The maximum Gasteiger partial charge on any atom is 0.129 e. The second-order valence-corrected chi connectivity index (χ2v) is 4.83. The first-order valence-corrected chi connectivity index (χ1v) is 5.94. The van der Waals surface area contributed by atoms with Crippen LogP contribution in [-0.4, -0.2) is 23.0 Å². The number of pyridine rings is 1. The van der Waals surface area contributed by atoms with Gasteiger partial charge in [0.1, 0.15) is 5.15 Å². The maximum atomic E-state index is 5.86. The molecule has 0 radical (unpaired) electrons. The van der Waals surface area contributed by atoms with Crippen molar-refractivity contribution in [2.75, 3.05) is 13.1 Å². The van der Waals surface area contributed by atoms with E-state index in [4.69, 9.17) is 11.6 Å². The molecule has 0 aliphatic carbocycles. The van der Waals surface area contributed by atoms with Gasteiger partial charge in [0.05, 0.1) is 0 Å². The highest BCUT2D eigenvalue weighted by Crippen LogP contribution is 2.18. The van der Waals surface area contributed by atoms with Crippen LogP contribution < -0.4 is 0 Å². The predicted molar refractivity (Wildman–Crippen MR) is 62.9 cm³/mol. The second kappa shape index (κ2) is 4.95. The van der Waals surface area contributed by atoms with Gasteiger partial charge in [0.2, 0.25) is 0 Å². The van der Waals surface area contributed by atoms with E-state index in [9.17, 15) is 0 Å². The van der Waals surface area contributed by atoms with Gasteiger partial charge in [0.15, 0.2) is 0 Å². The first kappa shape index (κ1) is 10.9. The lowest BCUT2D eigenvalue weighted by Crippen LogP contribution is -2.32. The van der Waals surface area contributed by atoms with E-state index in [0.29, 0.717) is 5.15 Å². The Labute approximate surface area is 96.3 Å². The fraction of sp³-hybridized carbons (Fsp3) is 0.583. The van der Waals surface area contributed by atoms with Gasteiger partial charge in [-0.25, -0.2) is 4.98 Å². The Morgan fingerprint density at radius 3 is 2.87 bits per heavy atom. The smallest absolute Gasteiger partial charge is 0.129 e. The van der Waals surface area contributed by atoms with Crippen LogP contribution in [0.3, 0.4) is 0 Å². The van der Waals surface area contributed by atoms with E-state index in [2.05, 4.69) is 16.8 Å². The van der Waals surface area contributed by atoms with Gasteiger partial charge in [0.25, 0.3) is 0 Å². The minimum Gasteiger partial charge on any atom is -0.299 e. The summed E-state index contributed by atoms with van der Waals surface area (Å²) in [6, 6.07) is 4.00. The number of aromatic nitrogens is 1. The quantitative estimate of drug-likeness (QED) is 0.719. The molecule has 1 aliphatic rings. The van der Waals surface area contributed by atoms with Crippen LogP contribution in [0.15, 0.2) is 18.3 Å². The van der Waals surface area contributed by atoms with Gasteiger partial charge in [-0.3, -0.25) is 4.90 Å². The normalized spacial score (nSPS) is 19.3. The molecule has 1 aromatic rings. The average molecular weight is 225 g/mol. The van der Waals surface area contributed by atoms with E-state index in [1.54, 1.807) is 6.20 Å². The van der Waals surface area contributed by atoms with Crippen LogP contribution in [0.1, 0.15) is 25.3 Å². The Hall–Kier alpha value is -0.600. The Balaban J connectivity index is 1.92. The van der Waals surface area contributed by atoms with E-state index in [-0.39, 0.29) is 0 Å². The molecule has 82 valence electrons. The third-order valence-corrected chi connectivity index (χ3v) is 3.28. The summed E-state index contributed by atoms with van der Waals surface area (Å²) in [7, 11) is 0. The third kappa shape index (κ3) is 3.18. The third-order valence-electron chi connectivity index (χ3n) is 3.07. The van der Waals surface area contributed by atoms with Crippen molar-refractivity contribution < 1.29 is 0 Å². The minimum atomic E-state index is 0.595. The standard InChI is InChI=1S/C12H17ClN2/c1-10-3-6-15(7-4-10)9-11-2-5-14-12(13)8-11/h2,5,8,10H,3-4,6-7,9H2,1H3. The topological polar surface area (TPSA) is 16.1 Å². The Morgan fingerprint density at radius 2 is 2.20 bits per heavy atom. The molecule has 0 atom stereocenters. The van der Waals surface area contributed by atoms with Crippen LogP contribution in [0.4, 0.5) is 0 Å². The SMILES string of the molecule is CC1CCN(Cc2ccnc(Cl)c2)CC1. The Kier molecular flexibility index (Phi) is 3.60. The van der Waals surface area contributed by atoms with Crippen molar-refractivity contribution in [1.29, 1.82) is 0 Å². The summed E-state index contributed by atoms with van der Waals surface area (Å²) in [5.41, 5.74) is 1.27. The van der Waals surface area contributed by atoms with Crippen LogP contribution in [0.5, 0.6) is 0 Å². The van der Waals surface area contributed by atoms with Gasteiger partial charge < -0.3 is 0 Å². The zero-order valence-electron chi connectivity index (χ0n) is 9.12. The van der Waals surface area contributed by atoms with Crippen molar-refractivity contribution in [3.8, 4) is 0 Å². The molecular formula is C12H17ClN2. The number of halogens is 1. The molecule has 0 N–H and O–H groups in total. The number of likely N-dealkylation sites (tertiary alicyclic amines) is 1. The lowest BCUT2D eigenvalue weighted by Gasteiger charge is -2.30. The van der Waals surface area contributed by atoms with Gasteiger partial charge in [0, 0.05) is 12.7 Å². The lowest BCUT2D eigenvalue weighted by molar-refractivity contribution is 0.185. The molecule has 0 spiro atoms. The molecule has 0 bridgehead atoms. The van der Waals surface area contributed by atoms with Crippen LogP contribution in [0.25, 0.3) is 0 Å². The molecule has 0 saturated carbocycles. The fourth-order valence-electron chi connectivity index (χ4n) is 2.02. The zero-order chi connectivity index (χ0) is 10.7. The van der Waals surface area contributed by atoms with Gasteiger partial charge >= 0.3 is 0 Å². The number of piperidine rings is 1. The summed E-state index contributed by atoms with van der Waals surface area (Å²) in [6.07, 6.45) is 4.42. The van der Waals surface area contributed by atoms with Crippen molar-refractivity contribution in [2.45, 2.75) is 26.3 Å². The van der Waals surface area contributed by atoms with E-state index < -0.39 is 0 Å². The molecule has 2 rings (SSSR count). The molecule has 1 aromatic heterocycles. The minimum absolute atomic E-state index is 0.595. The molecular weight excluding hydrogens is 208 g/mol. The largest absolute Gasteiger partial charge is 0.299 e. The summed E-state index contributed by atoms with van der Waals surface area (Å²) >= 11 is 5.86. The molecule has 2 nitrogen and oxygen atoms in total. The summed E-state index contributed by atoms with van der Waals surface area (Å²) < 4.78 is 0. The summed E-state index contributed by atoms with van der Waals surface area (Å²) in [5.74, 6) is 0.891. The van der Waals surface area contributed by atoms with Crippen molar-refractivity contribution in [1.82, 2.24) is 9.88 Å². The number of rotatable bonds is 2. The van der Waals surface area contributed by atoms with E-state index in [1.165, 1.54) is 31.5 Å². The van der Waals surface area contributed by atoms with Crippen molar-refractivity contribution >= 4 is 11.6 Å². The maximum absolute atomic E-state index is 5.86. The van der Waals surface area contributed by atoms with Crippen molar-refractivity contribution in [2.24, 2.45) is 5.92 Å². The number of hydrogen-bond donors (Lipinski definition) is 0. The average Bonchev–Trinajstić information content (AvgIpc) is 2.22. The fourth-order valence-corrected chi connectivity index (χ4v) is 2.22. The number of hydrogen-bond acceptors (Lipinski definition) is 2. The van der Waals surface area contributed by atoms with Gasteiger partial charge in [-0.2, -0.15) is 0 Å². The van der Waals surface area contributed by atoms with Crippen molar-refractivity contribution in [3.63, 3.8) is 0 Å². The first-order valence-electron chi connectivity index (χ1n) is 5.57. The lowest BCUT2D eigenvalue weighted by atomic mass is 9.99. The number of nitrogens with zero attached hydrogens (tertiary/aromatic N) is 2. The van der Waals surface area contributed by atoms with E-state index in [1.807, 2.05) is 12.1 Å². The van der Waals surface area contributed by atoms with Gasteiger partial charge in [-0.05, 0) is 49.5 Å². The van der Waals surface area contributed by atoms with Gasteiger partial charge in [-0.15, -0.1) is 0 Å². The molecule has 1 aliphatic heterocycles. The molecule has 1 fully saturated rings. The summed E-state index contributed by atoms with van der Waals surface area (Å²) in [6.45, 7) is 5.76. The van der Waals surface area contributed by atoms with Crippen LogP contribution in [-0.2, 0) is 6.54 Å². The second-order valence-electron chi connectivity index (χ2n) is 4.45. The Bertz CT molecular complexity index is 319. The highest BCUT2D eigenvalue weighted by molar-refractivity contribution is 6.29. The highest BCUT2D eigenvalue weighted by Gasteiger charge is 2.15. The van der Waals surface area contributed by atoms with Crippen LogP contribution in [0, 0.1) is 5.92 Å². The molecule has 0 aromatic carbocycles. The zero-order valence-corrected chi connectivity index (χ0v) is 9.87. The highest BCUT2D eigenvalue weighted by atomic mass is 35.5. The summed E-state index contributed by atoms with van der Waals surface area (Å²) in [5, 5.41) is 0.595. The Morgan fingerprint density at radius 1 is 1.47 bits per heavy atom. The monoisotopic (exact) mass is 224 g/mol. The predicted octanol–water partition coefficient (Wildman–Crippen LogP) is 2.97. The molecule has 15 heavy (non-hydrogen) atoms. The van der Waals surface area contributed by atoms with E-state index in [0.717, 1.165) is 12.5 Å². The molecule has 3 heteroatoms. The first-order chi connectivity index (χ1) is 7.24.